The normalized spacial score (nSPS) is 16.6. The number of benzene rings is 1. The van der Waals surface area contributed by atoms with Crippen LogP contribution in [0.5, 0.6) is 0 Å². The van der Waals surface area contributed by atoms with Crippen molar-refractivity contribution in [3.63, 3.8) is 0 Å². The molecule has 0 spiro atoms. The number of Topliss-reactive ketones (excluding diaryl/α,β-unsaturated/α-hetero) is 1. The number of piperazine rings is 1. The molecule has 0 radical (unpaired) electrons. The van der Waals surface area contributed by atoms with Gasteiger partial charge in [0, 0.05) is 61.8 Å². The average Bonchev–Trinajstić information content (AvgIpc) is 2.89. The van der Waals surface area contributed by atoms with Gasteiger partial charge in [0.05, 0.1) is 0 Å². The Balaban J connectivity index is 1.69. The van der Waals surface area contributed by atoms with Crippen LogP contribution in [0.4, 0.5) is 0 Å². The SMILES string of the molecule is Cc1ccc2c(C(=O)CCN3CCNCC3)c[nH]c2c1. The molecule has 106 valence electrons. The van der Waals surface area contributed by atoms with Gasteiger partial charge in [0.25, 0.3) is 0 Å². The van der Waals surface area contributed by atoms with Crippen molar-refractivity contribution in [1.82, 2.24) is 15.2 Å². The number of carbonyl (C=O) groups is 1. The van der Waals surface area contributed by atoms with E-state index in [1.165, 1.54) is 5.56 Å². The summed E-state index contributed by atoms with van der Waals surface area (Å²) in [5, 5.41) is 4.37. The average molecular weight is 271 g/mol. The summed E-state index contributed by atoms with van der Waals surface area (Å²) in [4.78, 5) is 17.9. The van der Waals surface area contributed by atoms with Crippen LogP contribution in [-0.2, 0) is 0 Å². The van der Waals surface area contributed by atoms with Crippen molar-refractivity contribution in [2.75, 3.05) is 32.7 Å². The van der Waals surface area contributed by atoms with Gasteiger partial charge >= 0.3 is 0 Å². The third kappa shape index (κ3) is 2.76. The summed E-state index contributed by atoms with van der Waals surface area (Å²) >= 11 is 0. The predicted octanol–water partition coefficient (Wildman–Crippen LogP) is 1.95. The van der Waals surface area contributed by atoms with Crippen molar-refractivity contribution in [2.24, 2.45) is 0 Å². The number of rotatable bonds is 4. The lowest BCUT2D eigenvalue weighted by Gasteiger charge is -2.26. The molecule has 4 heteroatoms. The molecule has 1 saturated heterocycles. The second-order valence-electron chi connectivity index (χ2n) is 5.52. The molecule has 1 fully saturated rings. The molecule has 1 aliphatic rings. The summed E-state index contributed by atoms with van der Waals surface area (Å²) in [5.74, 6) is 0.235. The smallest absolute Gasteiger partial charge is 0.166 e. The predicted molar refractivity (Wildman–Crippen MR) is 81.3 cm³/mol. The van der Waals surface area contributed by atoms with Gasteiger partial charge in [-0.05, 0) is 18.6 Å². The first-order valence-electron chi connectivity index (χ1n) is 7.28. The third-order valence-corrected chi connectivity index (χ3v) is 4.00. The second-order valence-corrected chi connectivity index (χ2v) is 5.52. The fraction of sp³-hybridized carbons (Fsp3) is 0.438. The minimum absolute atomic E-state index is 0.235. The van der Waals surface area contributed by atoms with Gasteiger partial charge in [-0.25, -0.2) is 0 Å². The molecule has 2 aromatic rings. The maximum atomic E-state index is 12.4. The Morgan fingerprint density at radius 2 is 2.10 bits per heavy atom. The van der Waals surface area contributed by atoms with E-state index in [1.807, 2.05) is 12.3 Å². The molecule has 0 saturated carbocycles. The lowest BCUT2D eigenvalue weighted by molar-refractivity contribution is 0.0962. The zero-order valence-electron chi connectivity index (χ0n) is 11.9. The highest BCUT2D eigenvalue weighted by Crippen LogP contribution is 2.20. The van der Waals surface area contributed by atoms with Gasteiger partial charge in [-0.15, -0.1) is 0 Å². The quantitative estimate of drug-likeness (QED) is 0.836. The van der Waals surface area contributed by atoms with Crippen LogP contribution in [0.2, 0.25) is 0 Å². The van der Waals surface area contributed by atoms with Crippen LogP contribution < -0.4 is 5.32 Å². The Hall–Kier alpha value is -1.65. The Bertz CT molecular complexity index is 611. The van der Waals surface area contributed by atoms with Crippen LogP contribution in [0.15, 0.2) is 24.4 Å². The largest absolute Gasteiger partial charge is 0.360 e. The molecule has 4 nitrogen and oxygen atoms in total. The molecule has 2 N–H and O–H groups in total. The van der Waals surface area contributed by atoms with E-state index in [-0.39, 0.29) is 5.78 Å². The van der Waals surface area contributed by atoms with Crippen LogP contribution in [0.3, 0.4) is 0 Å². The molecule has 20 heavy (non-hydrogen) atoms. The zero-order valence-corrected chi connectivity index (χ0v) is 11.9. The molecule has 1 aromatic carbocycles. The number of aryl methyl sites for hydroxylation is 1. The molecule has 0 bridgehead atoms. The zero-order chi connectivity index (χ0) is 13.9. The molecule has 1 aromatic heterocycles. The van der Waals surface area contributed by atoms with Gasteiger partial charge < -0.3 is 15.2 Å². The summed E-state index contributed by atoms with van der Waals surface area (Å²) in [7, 11) is 0. The molecule has 0 atom stereocenters. The van der Waals surface area contributed by atoms with Gasteiger partial charge in [0.2, 0.25) is 0 Å². The molecular formula is C16H21N3O. The monoisotopic (exact) mass is 271 g/mol. The Labute approximate surface area is 119 Å². The van der Waals surface area contributed by atoms with Crippen molar-refractivity contribution < 1.29 is 4.79 Å². The van der Waals surface area contributed by atoms with E-state index in [0.29, 0.717) is 6.42 Å². The van der Waals surface area contributed by atoms with E-state index in [9.17, 15) is 4.79 Å². The van der Waals surface area contributed by atoms with E-state index in [2.05, 4.69) is 34.3 Å². The number of nitrogens with one attached hydrogen (secondary N) is 2. The van der Waals surface area contributed by atoms with Crippen molar-refractivity contribution >= 4 is 16.7 Å². The highest BCUT2D eigenvalue weighted by Gasteiger charge is 2.15. The number of H-pyrrole nitrogens is 1. The first-order chi connectivity index (χ1) is 9.74. The maximum Gasteiger partial charge on any atom is 0.166 e. The Kier molecular flexibility index (Phi) is 3.85. The lowest BCUT2D eigenvalue weighted by Crippen LogP contribution is -2.44. The number of ketones is 1. The maximum absolute atomic E-state index is 12.4. The van der Waals surface area contributed by atoms with Gasteiger partial charge in [-0.3, -0.25) is 4.79 Å². The molecule has 0 amide bonds. The fourth-order valence-electron chi connectivity index (χ4n) is 2.80. The summed E-state index contributed by atoms with van der Waals surface area (Å²) in [5.41, 5.74) is 3.09. The van der Waals surface area contributed by atoms with Gasteiger partial charge in [-0.1, -0.05) is 12.1 Å². The van der Waals surface area contributed by atoms with Crippen LogP contribution in [-0.4, -0.2) is 48.4 Å². The molecule has 1 aliphatic heterocycles. The lowest BCUT2D eigenvalue weighted by atomic mass is 10.1. The minimum Gasteiger partial charge on any atom is -0.360 e. The van der Waals surface area contributed by atoms with Crippen LogP contribution >= 0.6 is 0 Å². The number of hydrogen-bond acceptors (Lipinski definition) is 3. The number of fused-ring (bicyclic) bond motifs is 1. The highest BCUT2D eigenvalue weighted by molar-refractivity contribution is 6.07. The van der Waals surface area contributed by atoms with Crippen molar-refractivity contribution in [2.45, 2.75) is 13.3 Å². The van der Waals surface area contributed by atoms with E-state index >= 15 is 0 Å². The topological polar surface area (TPSA) is 48.1 Å². The summed E-state index contributed by atoms with van der Waals surface area (Å²) in [6.45, 7) is 7.06. The summed E-state index contributed by atoms with van der Waals surface area (Å²) in [6.07, 6.45) is 2.45. The van der Waals surface area contributed by atoms with Gasteiger partial charge in [0.15, 0.2) is 5.78 Å². The van der Waals surface area contributed by atoms with Crippen molar-refractivity contribution in [3.05, 3.63) is 35.5 Å². The van der Waals surface area contributed by atoms with Crippen molar-refractivity contribution in [3.8, 4) is 0 Å². The summed E-state index contributed by atoms with van der Waals surface area (Å²) < 4.78 is 0. The van der Waals surface area contributed by atoms with Gasteiger partial charge in [-0.2, -0.15) is 0 Å². The molecule has 2 heterocycles. The molecule has 0 aliphatic carbocycles. The Morgan fingerprint density at radius 3 is 2.90 bits per heavy atom. The first-order valence-corrected chi connectivity index (χ1v) is 7.28. The van der Waals surface area contributed by atoms with Crippen LogP contribution in [0, 0.1) is 6.92 Å². The van der Waals surface area contributed by atoms with Crippen molar-refractivity contribution in [1.29, 1.82) is 0 Å². The number of hydrogen-bond donors (Lipinski definition) is 2. The van der Waals surface area contributed by atoms with Crippen LogP contribution in [0.25, 0.3) is 10.9 Å². The molecule has 3 rings (SSSR count). The fourth-order valence-corrected chi connectivity index (χ4v) is 2.80. The number of carbonyl (C=O) groups excluding carboxylic acids is 1. The van der Waals surface area contributed by atoms with E-state index in [4.69, 9.17) is 0 Å². The van der Waals surface area contributed by atoms with E-state index < -0.39 is 0 Å². The minimum atomic E-state index is 0.235. The third-order valence-electron chi connectivity index (χ3n) is 4.00. The molecular weight excluding hydrogens is 250 g/mol. The van der Waals surface area contributed by atoms with Crippen LogP contribution in [0.1, 0.15) is 22.3 Å². The molecule has 0 unspecified atom stereocenters. The number of aromatic nitrogens is 1. The number of aromatic amines is 1. The van der Waals surface area contributed by atoms with E-state index in [1.54, 1.807) is 0 Å². The standard InChI is InChI=1S/C16H21N3O/c1-12-2-3-13-14(11-18-15(13)10-12)16(20)4-7-19-8-5-17-6-9-19/h2-3,10-11,17-18H,4-9H2,1H3. The Morgan fingerprint density at radius 1 is 1.30 bits per heavy atom. The summed E-state index contributed by atoms with van der Waals surface area (Å²) in [6, 6.07) is 6.19. The second kappa shape index (κ2) is 5.77. The number of nitrogens with zero attached hydrogens (tertiary/aromatic N) is 1. The van der Waals surface area contributed by atoms with Gasteiger partial charge in [0.1, 0.15) is 0 Å². The van der Waals surface area contributed by atoms with E-state index in [0.717, 1.165) is 49.2 Å². The highest BCUT2D eigenvalue weighted by atomic mass is 16.1. The first kappa shape index (κ1) is 13.3.